The van der Waals surface area contributed by atoms with Crippen LogP contribution in [0.3, 0.4) is 0 Å². The molecule has 4 heteroatoms. The van der Waals surface area contributed by atoms with E-state index in [0.29, 0.717) is 6.61 Å². The number of nitrogens with one attached hydrogen (secondary N) is 1. The Balaban J connectivity index is 1.98. The van der Waals surface area contributed by atoms with Gasteiger partial charge in [0.2, 0.25) is 5.91 Å². The van der Waals surface area contributed by atoms with Crippen LogP contribution in [0.25, 0.3) is 0 Å². The number of rotatable bonds is 4. The maximum Gasteiger partial charge on any atom is 0.231 e. The van der Waals surface area contributed by atoms with Crippen molar-refractivity contribution in [1.82, 2.24) is 5.32 Å². The lowest BCUT2D eigenvalue weighted by atomic mass is 10.0. The van der Waals surface area contributed by atoms with Crippen LogP contribution in [-0.2, 0) is 9.59 Å². The van der Waals surface area contributed by atoms with Crippen molar-refractivity contribution in [1.29, 1.82) is 0 Å². The third-order valence-electron chi connectivity index (χ3n) is 3.10. The molecule has 1 atom stereocenters. The second-order valence-electron chi connectivity index (χ2n) is 4.74. The first-order valence-corrected chi connectivity index (χ1v) is 6.11. The molecule has 1 N–H and O–H groups in total. The highest BCUT2D eigenvalue weighted by atomic mass is 16.5. The minimum Gasteiger partial charge on any atom is -0.492 e. The van der Waals surface area contributed by atoms with Gasteiger partial charge in [-0.2, -0.15) is 0 Å². The molecule has 0 radical (unpaired) electrons. The fourth-order valence-electron chi connectivity index (χ4n) is 1.88. The van der Waals surface area contributed by atoms with E-state index in [-0.39, 0.29) is 30.1 Å². The highest BCUT2D eigenvalue weighted by Crippen LogP contribution is 2.33. The number of hydrogen-bond donors (Lipinski definition) is 1. The van der Waals surface area contributed by atoms with Gasteiger partial charge in [0.15, 0.2) is 5.78 Å². The van der Waals surface area contributed by atoms with Crippen molar-refractivity contribution in [3.63, 3.8) is 0 Å². The molecule has 0 saturated carbocycles. The first-order valence-electron chi connectivity index (χ1n) is 6.11. The number of carbonyl (C=O) groups is 2. The molecule has 1 aliphatic heterocycles. The normalized spacial score (nSPS) is 17.2. The number of hydrogen-bond acceptors (Lipinski definition) is 3. The Labute approximate surface area is 106 Å². The molecule has 18 heavy (non-hydrogen) atoms. The predicted octanol–water partition coefficient (Wildman–Crippen LogP) is 1.50. The van der Waals surface area contributed by atoms with Crippen molar-refractivity contribution in [2.75, 3.05) is 13.2 Å². The fraction of sp³-hybridized carbons (Fsp3) is 0.429. The Bertz CT molecular complexity index is 468. The first-order chi connectivity index (χ1) is 8.59. The SMILES string of the molecule is CC(C)C(=O)CNC(=O)C1COc2ccccc21. The van der Waals surface area contributed by atoms with Gasteiger partial charge in [-0.1, -0.05) is 32.0 Å². The highest BCUT2D eigenvalue weighted by molar-refractivity contribution is 5.90. The zero-order chi connectivity index (χ0) is 13.1. The van der Waals surface area contributed by atoms with Crippen LogP contribution in [0.15, 0.2) is 24.3 Å². The summed E-state index contributed by atoms with van der Waals surface area (Å²) < 4.78 is 5.44. The predicted molar refractivity (Wildman–Crippen MR) is 67.5 cm³/mol. The summed E-state index contributed by atoms with van der Waals surface area (Å²) in [7, 11) is 0. The van der Waals surface area contributed by atoms with Gasteiger partial charge in [0.05, 0.1) is 6.54 Å². The van der Waals surface area contributed by atoms with Crippen LogP contribution in [0.1, 0.15) is 25.3 Å². The van der Waals surface area contributed by atoms with Gasteiger partial charge in [-0.15, -0.1) is 0 Å². The standard InChI is InChI=1S/C14H17NO3/c1-9(2)12(16)7-15-14(17)11-8-18-13-6-4-3-5-10(11)13/h3-6,9,11H,7-8H2,1-2H3,(H,15,17). The second kappa shape index (κ2) is 5.21. The van der Waals surface area contributed by atoms with Gasteiger partial charge in [-0.05, 0) is 6.07 Å². The second-order valence-corrected chi connectivity index (χ2v) is 4.74. The molecular weight excluding hydrogens is 230 g/mol. The van der Waals surface area contributed by atoms with Crippen LogP contribution in [0, 0.1) is 5.92 Å². The number of ether oxygens (including phenoxy) is 1. The van der Waals surface area contributed by atoms with E-state index in [4.69, 9.17) is 4.74 Å². The van der Waals surface area contributed by atoms with E-state index in [2.05, 4.69) is 5.32 Å². The number of amides is 1. The van der Waals surface area contributed by atoms with Crippen LogP contribution < -0.4 is 10.1 Å². The topological polar surface area (TPSA) is 55.4 Å². The minimum absolute atomic E-state index is 0.0375. The molecule has 0 spiro atoms. The summed E-state index contributed by atoms with van der Waals surface area (Å²) in [6, 6.07) is 7.49. The van der Waals surface area contributed by atoms with Gasteiger partial charge in [0.1, 0.15) is 18.3 Å². The summed E-state index contributed by atoms with van der Waals surface area (Å²) in [5.74, 6) is 0.288. The number of para-hydroxylation sites is 1. The molecule has 1 unspecified atom stereocenters. The molecule has 1 aromatic rings. The van der Waals surface area contributed by atoms with Crippen molar-refractivity contribution < 1.29 is 14.3 Å². The number of carbonyl (C=O) groups excluding carboxylic acids is 2. The van der Waals surface area contributed by atoms with Crippen LogP contribution in [-0.4, -0.2) is 24.8 Å². The van der Waals surface area contributed by atoms with Crippen LogP contribution in [0.2, 0.25) is 0 Å². The molecule has 1 heterocycles. The summed E-state index contributed by atoms with van der Waals surface area (Å²) in [6.45, 7) is 4.08. The van der Waals surface area contributed by atoms with E-state index in [1.165, 1.54) is 0 Å². The Kier molecular flexibility index (Phi) is 3.65. The van der Waals surface area contributed by atoms with Gasteiger partial charge < -0.3 is 10.1 Å². The summed E-state index contributed by atoms with van der Waals surface area (Å²) >= 11 is 0. The largest absolute Gasteiger partial charge is 0.492 e. The number of benzene rings is 1. The number of ketones is 1. The molecule has 0 aliphatic carbocycles. The third kappa shape index (κ3) is 2.53. The van der Waals surface area contributed by atoms with E-state index < -0.39 is 0 Å². The van der Waals surface area contributed by atoms with Gasteiger partial charge in [0, 0.05) is 11.5 Å². The summed E-state index contributed by atoms with van der Waals surface area (Å²) in [5, 5.41) is 2.68. The maximum absolute atomic E-state index is 12.0. The molecule has 1 aromatic carbocycles. The summed E-state index contributed by atoms with van der Waals surface area (Å²) in [5.41, 5.74) is 0.895. The molecule has 96 valence electrons. The molecule has 0 aromatic heterocycles. The Morgan fingerprint density at radius 2 is 2.11 bits per heavy atom. The lowest BCUT2D eigenvalue weighted by Crippen LogP contribution is -2.35. The van der Waals surface area contributed by atoms with Crippen LogP contribution >= 0.6 is 0 Å². The van der Waals surface area contributed by atoms with Gasteiger partial charge in [-0.3, -0.25) is 9.59 Å². The van der Waals surface area contributed by atoms with E-state index >= 15 is 0 Å². The van der Waals surface area contributed by atoms with E-state index in [0.717, 1.165) is 11.3 Å². The van der Waals surface area contributed by atoms with Gasteiger partial charge >= 0.3 is 0 Å². The average Bonchev–Trinajstić information content (AvgIpc) is 2.79. The lowest BCUT2D eigenvalue weighted by molar-refractivity contribution is -0.127. The molecule has 2 rings (SSSR count). The average molecular weight is 247 g/mol. The molecule has 0 fully saturated rings. The molecule has 0 bridgehead atoms. The Morgan fingerprint density at radius 1 is 1.39 bits per heavy atom. The van der Waals surface area contributed by atoms with Crippen molar-refractivity contribution >= 4 is 11.7 Å². The summed E-state index contributed by atoms with van der Waals surface area (Å²) in [6.07, 6.45) is 0. The Morgan fingerprint density at radius 3 is 2.83 bits per heavy atom. The zero-order valence-corrected chi connectivity index (χ0v) is 10.6. The molecule has 1 amide bonds. The first kappa shape index (κ1) is 12.6. The van der Waals surface area contributed by atoms with Crippen molar-refractivity contribution in [3.05, 3.63) is 29.8 Å². The van der Waals surface area contributed by atoms with E-state index in [9.17, 15) is 9.59 Å². The third-order valence-corrected chi connectivity index (χ3v) is 3.10. The maximum atomic E-state index is 12.0. The molecule has 1 aliphatic rings. The van der Waals surface area contributed by atoms with Crippen molar-refractivity contribution in [2.24, 2.45) is 5.92 Å². The van der Waals surface area contributed by atoms with Crippen LogP contribution in [0.4, 0.5) is 0 Å². The number of Topliss-reactive ketones (excluding diaryl/α,β-unsaturated/α-hetero) is 1. The molecule has 0 saturated heterocycles. The van der Waals surface area contributed by atoms with Crippen molar-refractivity contribution in [2.45, 2.75) is 19.8 Å². The minimum atomic E-state index is -0.304. The highest BCUT2D eigenvalue weighted by Gasteiger charge is 2.30. The Hall–Kier alpha value is -1.84. The van der Waals surface area contributed by atoms with Gasteiger partial charge in [0.25, 0.3) is 0 Å². The smallest absolute Gasteiger partial charge is 0.231 e. The summed E-state index contributed by atoms with van der Waals surface area (Å²) in [4.78, 5) is 23.5. The zero-order valence-electron chi connectivity index (χ0n) is 10.6. The lowest BCUT2D eigenvalue weighted by Gasteiger charge is -2.10. The monoisotopic (exact) mass is 247 g/mol. The van der Waals surface area contributed by atoms with E-state index in [1.54, 1.807) is 0 Å². The molecular formula is C14H17NO3. The van der Waals surface area contributed by atoms with Gasteiger partial charge in [-0.25, -0.2) is 0 Å². The van der Waals surface area contributed by atoms with Crippen molar-refractivity contribution in [3.8, 4) is 5.75 Å². The fourth-order valence-corrected chi connectivity index (χ4v) is 1.88. The van der Waals surface area contributed by atoms with E-state index in [1.807, 2.05) is 38.1 Å². The van der Waals surface area contributed by atoms with Crippen LogP contribution in [0.5, 0.6) is 5.75 Å². The molecule has 4 nitrogen and oxygen atoms in total. The quantitative estimate of drug-likeness (QED) is 0.877. The number of fused-ring (bicyclic) bond motifs is 1.